The SMILES string of the molecule is CCCCC(O)C1(C)C=CC=CC1. The highest BCUT2D eigenvalue weighted by Crippen LogP contribution is 2.33. The van der Waals surface area contributed by atoms with E-state index in [1.54, 1.807) is 0 Å². The Bertz CT molecular complexity index is 205. The van der Waals surface area contributed by atoms with Crippen LogP contribution in [0.25, 0.3) is 0 Å². The summed E-state index contributed by atoms with van der Waals surface area (Å²) in [5.74, 6) is 0. The van der Waals surface area contributed by atoms with Crippen molar-refractivity contribution in [3.63, 3.8) is 0 Å². The first-order chi connectivity index (χ1) is 6.19. The van der Waals surface area contributed by atoms with E-state index in [2.05, 4.69) is 26.0 Å². The van der Waals surface area contributed by atoms with Gasteiger partial charge in [0.15, 0.2) is 0 Å². The summed E-state index contributed by atoms with van der Waals surface area (Å²) >= 11 is 0. The van der Waals surface area contributed by atoms with Gasteiger partial charge in [-0.1, -0.05) is 51.0 Å². The first-order valence-corrected chi connectivity index (χ1v) is 5.21. The van der Waals surface area contributed by atoms with Gasteiger partial charge in [0.2, 0.25) is 0 Å². The maximum Gasteiger partial charge on any atom is 0.0631 e. The maximum atomic E-state index is 9.98. The molecule has 1 N–H and O–H groups in total. The van der Waals surface area contributed by atoms with Gasteiger partial charge in [-0.25, -0.2) is 0 Å². The van der Waals surface area contributed by atoms with Crippen LogP contribution in [0.3, 0.4) is 0 Å². The summed E-state index contributed by atoms with van der Waals surface area (Å²) in [5, 5.41) is 9.98. The van der Waals surface area contributed by atoms with Crippen LogP contribution in [0, 0.1) is 5.41 Å². The number of allylic oxidation sites excluding steroid dienone is 3. The average molecular weight is 180 g/mol. The van der Waals surface area contributed by atoms with Gasteiger partial charge in [-0.2, -0.15) is 0 Å². The second-order valence-electron chi connectivity index (χ2n) is 4.16. The highest BCUT2D eigenvalue weighted by Gasteiger charge is 2.29. The number of unbranched alkanes of at least 4 members (excludes halogenated alkanes) is 1. The lowest BCUT2D eigenvalue weighted by Gasteiger charge is -2.32. The summed E-state index contributed by atoms with van der Waals surface area (Å²) in [6, 6.07) is 0. The van der Waals surface area contributed by atoms with Crippen molar-refractivity contribution in [3.05, 3.63) is 24.3 Å². The van der Waals surface area contributed by atoms with Crippen LogP contribution in [0.1, 0.15) is 39.5 Å². The van der Waals surface area contributed by atoms with Gasteiger partial charge >= 0.3 is 0 Å². The molecule has 0 aromatic carbocycles. The fourth-order valence-electron chi connectivity index (χ4n) is 1.72. The van der Waals surface area contributed by atoms with E-state index in [4.69, 9.17) is 0 Å². The van der Waals surface area contributed by atoms with E-state index in [9.17, 15) is 5.11 Å². The molecule has 74 valence electrons. The van der Waals surface area contributed by atoms with Crippen LogP contribution in [0.2, 0.25) is 0 Å². The second-order valence-corrected chi connectivity index (χ2v) is 4.16. The fourth-order valence-corrected chi connectivity index (χ4v) is 1.72. The van der Waals surface area contributed by atoms with Crippen molar-refractivity contribution in [1.82, 2.24) is 0 Å². The Morgan fingerprint density at radius 1 is 1.46 bits per heavy atom. The molecule has 2 atom stereocenters. The standard InChI is InChI=1S/C12H20O/c1-3-4-8-11(13)12(2)9-6-5-7-10-12/h5-7,9,11,13H,3-4,8,10H2,1-2H3. The summed E-state index contributed by atoms with van der Waals surface area (Å²) in [6.45, 7) is 4.29. The molecule has 13 heavy (non-hydrogen) atoms. The Labute approximate surface area is 81.2 Å². The first-order valence-electron chi connectivity index (χ1n) is 5.21. The molecule has 0 spiro atoms. The molecule has 1 nitrogen and oxygen atoms in total. The van der Waals surface area contributed by atoms with Crippen LogP contribution in [0.4, 0.5) is 0 Å². The zero-order valence-electron chi connectivity index (χ0n) is 8.66. The van der Waals surface area contributed by atoms with E-state index in [1.807, 2.05) is 12.2 Å². The molecule has 0 aliphatic heterocycles. The molecule has 0 amide bonds. The van der Waals surface area contributed by atoms with Gasteiger partial charge in [-0.3, -0.25) is 0 Å². The van der Waals surface area contributed by atoms with Crippen molar-refractivity contribution in [2.75, 3.05) is 0 Å². The smallest absolute Gasteiger partial charge is 0.0631 e. The minimum Gasteiger partial charge on any atom is -0.392 e. The van der Waals surface area contributed by atoms with Crippen molar-refractivity contribution < 1.29 is 5.11 Å². The Balaban J connectivity index is 2.48. The largest absolute Gasteiger partial charge is 0.392 e. The number of aliphatic hydroxyl groups is 1. The van der Waals surface area contributed by atoms with E-state index in [1.165, 1.54) is 0 Å². The normalized spacial score (nSPS) is 29.2. The molecule has 1 aliphatic rings. The van der Waals surface area contributed by atoms with Crippen molar-refractivity contribution in [1.29, 1.82) is 0 Å². The lowest BCUT2D eigenvalue weighted by Crippen LogP contribution is -2.30. The highest BCUT2D eigenvalue weighted by molar-refractivity contribution is 5.17. The number of aliphatic hydroxyl groups excluding tert-OH is 1. The lowest BCUT2D eigenvalue weighted by molar-refractivity contribution is 0.0615. The zero-order valence-corrected chi connectivity index (χ0v) is 8.66. The predicted molar refractivity (Wildman–Crippen MR) is 56.5 cm³/mol. The third-order valence-electron chi connectivity index (χ3n) is 2.87. The molecule has 0 saturated carbocycles. The zero-order chi connectivity index (χ0) is 9.73. The number of hydrogen-bond donors (Lipinski definition) is 1. The molecule has 2 unspecified atom stereocenters. The van der Waals surface area contributed by atoms with Gasteiger partial charge in [-0.05, 0) is 12.8 Å². The van der Waals surface area contributed by atoms with Crippen LogP contribution >= 0.6 is 0 Å². The van der Waals surface area contributed by atoms with E-state index >= 15 is 0 Å². The molecule has 0 bridgehead atoms. The summed E-state index contributed by atoms with van der Waals surface area (Å²) in [4.78, 5) is 0. The minimum atomic E-state index is -0.186. The van der Waals surface area contributed by atoms with Crippen molar-refractivity contribution in [3.8, 4) is 0 Å². The topological polar surface area (TPSA) is 20.2 Å². The van der Waals surface area contributed by atoms with Crippen LogP contribution in [0.5, 0.6) is 0 Å². The quantitative estimate of drug-likeness (QED) is 0.705. The third kappa shape index (κ3) is 2.70. The van der Waals surface area contributed by atoms with E-state index in [0.29, 0.717) is 0 Å². The number of hydrogen-bond acceptors (Lipinski definition) is 1. The number of rotatable bonds is 4. The first kappa shape index (κ1) is 10.5. The lowest BCUT2D eigenvalue weighted by atomic mass is 9.77. The predicted octanol–water partition coefficient (Wildman–Crippen LogP) is 3.06. The molecule has 1 aliphatic carbocycles. The van der Waals surface area contributed by atoms with Gasteiger partial charge in [0, 0.05) is 5.41 Å². The molecule has 0 heterocycles. The minimum absolute atomic E-state index is 0.0239. The van der Waals surface area contributed by atoms with Crippen molar-refractivity contribution in [2.45, 2.75) is 45.6 Å². The molecule has 0 aromatic rings. The van der Waals surface area contributed by atoms with Crippen molar-refractivity contribution >= 4 is 0 Å². The van der Waals surface area contributed by atoms with Gasteiger partial charge in [0.05, 0.1) is 6.10 Å². The highest BCUT2D eigenvalue weighted by atomic mass is 16.3. The molecule has 0 fully saturated rings. The maximum absolute atomic E-state index is 9.98. The van der Waals surface area contributed by atoms with Crippen LogP contribution in [0.15, 0.2) is 24.3 Å². The Morgan fingerprint density at radius 3 is 2.77 bits per heavy atom. The molecular formula is C12H20O. The van der Waals surface area contributed by atoms with Crippen molar-refractivity contribution in [2.24, 2.45) is 5.41 Å². The molecule has 1 rings (SSSR count). The monoisotopic (exact) mass is 180 g/mol. The van der Waals surface area contributed by atoms with E-state index in [0.717, 1.165) is 25.7 Å². The van der Waals surface area contributed by atoms with E-state index < -0.39 is 0 Å². The Morgan fingerprint density at radius 2 is 2.23 bits per heavy atom. The van der Waals surface area contributed by atoms with E-state index in [-0.39, 0.29) is 11.5 Å². The van der Waals surface area contributed by atoms with Crippen LogP contribution < -0.4 is 0 Å². The van der Waals surface area contributed by atoms with Crippen LogP contribution in [-0.4, -0.2) is 11.2 Å². The van der Waals surface area contributed by atoms with Gasteiger partial charge in [-0.15, -0.1) is 0 Å². The summed E-state index contributed by atoms with van der Waals surface area (Å²) < 4.78 is 0. The van der Waals surface area contributed by atoms with Gasteiger partial charge in [0.25, 0.3) is 0 Å². The van der Waals surface area contributed by atoms with Gasteiger partial charge < -0.3 is 5.11 Å². The molecule has 0 radical (unpaired) electrons. The molecular weight excluding hydrogens is 160 g/mol. The van der Waals surface area contributed by atoms with Gasteiger partial charge in [0.1, 0.15) is 0 Å². The third-order valence-corrected chi connectivity index (χ3v) is 2.87. The summed E-state index contributed by atoms with van der Waals surface area (Å²) in [5.41, 5.74) is -0.0239. The molecule has 0 saturated heterocycles. The average Bonchev–Trinajstić information content (AvgIpc) is 2.15. The molecule has 1 heteroatoms. The Hall–Kier alpha value is -0.560. The Kier molecular flexibility index (Phi) is 3.73. The summed E-state index contributed by atoms with van der Waals surface area (Å²) in [6.07, 6.45) is 12.3. The fraction of sp³-hybridized carbons (Fsp3) is 0.667. The summed E-state index contributed by atoms with van der Waals surface area (Å²) in [7, 11) is 0. The molecule has 0 aromatic heterocycles. The second kappa shape index (κ2) is 4.61. The van der Waals surface area contributed by atoms with Crippen LogP contribution in [-0.2, 0) is 0 Å².